The van der Waals surface area contributed by atoms with Crippen molar-refractivity contribution in [2.45, 2.75) is 26.3 Å². The molecule has 1 N–H and O–H groups in total. The van der Waals surface area contributed by atoms with Crippen LogP contribution in [0.15, 0.2) is 28.0 Å². The van der Waals surface area contributed by atoms with Crippen molar-refractivity contribution in [1.29, 1.82) is 0 Å². The fourth-order valence-corrected chi connectivity index (χ4v) is 1.72. The van der Waals surface area contributed by atoms with Gasteiger partial charge in [0.15, 0.2) is 0 Å². The number of hydrogen-bond donors (Lipinski definition) is 1. The molecule has 16 heavy (non-hydrogen) atoms. The SMILES string of the molecule is CC(C)(C)n1c(=O)c(=O)[nH]c2ccncc21. The van der Waals surface area contributed by atoms with Gasteiger partial charge in [0.1, 0.15) is 0 Å². The molecule has 5 nitrogen and oxygen atoms in total. The maximum Gasteiger partial charge on any atom is 0.317 e. The summed E-state index contributed by atoms with van der Waals surface area (Å²) in [5.41, 5.74) is -0.345. The molecule has 0 spiro atoms. The van der Waals surface area contributed by atoms with Crippen LogP contribution in [0.3, 0.4) is 0 Å². The standard InChI is InChI=1S/C11H13N3O2/c1-11(2,3)14-8-6-12-5-4-7(8)13-9(15)10(14)16/h4-6H,1-3H3,(H,13,15). The molecule has 2 aromatic heterocycles. The Bertz CT molecular complexity index is 647. The monoisotopic (exact) mass is 219 g/mol. The highest BCUT2D eigenvalue weighted by Crippen LogP contribution is 2.16. The second kappa shape index (κ2) is 3.30. The van der Waals surface area contributed by atoms with E-state index in [2.05, 4.69) is 9.97 Å². The molecule has 0 bridgehead atoms. The van der Waals surface area contributed by atoms with E-state index in [0.717, 1.165) is 0 Å². The molecule has 0 aliphatic heterocycles. The zero-order valence-corrected chi connectivity index (χ0v) is 9.44. The quantitative estimate of drug-likeness (QED) is 0.667. The van der Waals surface area contributed by atoms with Crippen molar-refractivity contribution in [3.8, 4) is 0 Å². The minimum atomic E-state index is -0.603. The highest BCUT2D eigenvalue weighted by atomic mass is 16.2. The molecule has 2 heterocycles. The van der Waals surface area contributed by atoms with Gasteiger partial charge in [-0.15, -0.1) is 0 Å². The summed E-state index contributed by atoms with van der Waals surface area (Å²) >= 11 is 0. The summed E-state index contributed by atoms with van der Waals surface area (Å²) in [6.45, 7) is 5.63. The Balaban J connectivity index is 3.05. The van der Waals surface area contributed by atoms with Gasteiger partial charge in [-0.05, 0) is 26.8 Å². The Hall–Kier alpha value is -1.91. The molecule has 5 heteroatoms. The third-order valence-corrected chi connectivity index (χ3v) is 2.36. The van der Waals surface area contributed by atoms with Crippen LogP contribution < -0.4 is 11.1 Å². The summed E-state index contributed by atoms with van der Waals surface area (Å²) in [4.78, 5) is 29.8. The smallest absolute Gasteiger partial charge is 0.316 e. The van der Waals surface area contributed by atoms with E-state index in [4.69, 9.17) is 0 Å². The van der Waals surface area contributed by atoms with Gasteiger partial charge in [0.2, 0.25) is 0 Å². The fraction of sp³-hybridized carbons (Fsp3) is 0.364. The second-order valence-electron chi connectivity index (χ2n) is 4.66. The van der Waals surface area contributed by atoms with Crippen LogP contribution in [0.1, 0.15) is 20.8 Å². The van der Waals surface area contributed by atoms with Crippen LogP contribution in [0.25, 0.3) is 11.0 Å². The van der Waals surface area contributed by atoms with Gasteiger partial charge in [0.05, 0.1) is 17.2 Å². The summed E-state index contributed by atoms with van der Waals surface area (Å²) in [5, 5.41) is 0. The predicted molar refractivity (Wildman–Crippen MR) is 61.6 cm³/mol. The molecule has 0 saturated heterocycles. The van der Waals surface area contributed by atoms with Crippen molar-refractivity contribution < 1.29 is 0 Å². The summed E-state index contributed by atoms with van der Waals surface area (Å²) in [5.74, 6) is 0. The third kappa shape index (κ3) is 1.54. The van der Waals surface area contributed by atoms with E-state index in [-0.39, 0.29) is 0 Å². The van der Waals surface area contributed by atoms with Gasteiger partial charge in [-0.2, -0.15) is 0 Å². The maximum atomic E-state index is 11.8. The lowest BCUT2D eigenvalue weighted by Crippen LogP contribution is -2.43. The van der Waals surface area contributed by atoms with Crippen LogP contribution >= 0.6 is 0 Å². The van der Waals surface area contributed by atoms with Crippen molar-refractivity contribution in [2.24, 2.45) is 0 Å². The Labute approximate surface area is 91.8 Å². The number of nitrogens with one attached hydrogen (secondary N) is 1. The average Bonchev–Trinajstić information content (AvgIpc) is 2.17. The van der Waals surface area contributed by atoms with Crippen molar-refractivity contribution in [2.75, 3.05) is 0 Å². The molecular weight excluding hydrogens is 206 g/mol. The third-order valence-electron chi connectivity index (χ3n) is 2.36. The van der Waals surface area contributed by atoms with E-state index < -0.39 is 16.7 Å². The Morgan fingerprint density at radius 3 is 2.62 bits per heavy atom. The number of fused-ring (bicyclic) bond motifs is 1. The zero-order valence-electron chi connectivity index (χ0n) is 9.44. The molecule has 0 amide bonds. The van der Waals surface area contributed by atoms with Gasteiger partial charge in [-0.25, -0.2) is 0 Å². The van der Waals surface area contributed by atoms with Gasteiger partial charge in [-0.3, -0.25) is 19.1 Å². The molecule has 0 saturated carbocycles. The highest BCUT2D eigenvalue weighted by molar-refractivity contribution is 5.73. The van der Waals surface area contributed by atoms with E-state index in [1.165, 1.54) is 4.57 Å². The van der Waals surface area contributed by atoms with Gasteiger partial charge < -0.3 is 4.98 Å². The Kier molecular flexibility index (Phi) is 2.18. The Morgan fingerprint density at radius 2 is 2.00 bits per heavy atom. The summed E-state index contributed by atoms with van der Waals surface area (Å²) in [6, 6.07) is 1.68. The van der Waals surface area contributed by atoms with Gasteiger partial charge in [-0.1, -0.05) is 0 Å². The normalized spacial score (nSPS) is 11.9. The van der Waals surface area contributed by atoms with Gasteiger partial charge in [0.25, 0.3) is 0 Å². The average molecular weight is 219 g/mol. The molecule has 0 aromatic carbocycles. The number of nitrogens with zero attached hydrogens (tertiary/aromatic N) is 2. The molecule has 0 aliphatic carbocycles. The van der Waals surface area contributed by atoms with Crippen LogP contribution in [0, 0.1) is 0 Å². The summed E-state index contributed by atoms with van der Waals surface area (Å²) in [6.07, 6.45) is 3.16. The molecule has 0 fully saturated rings. The van der Waals surface area contributed by atoms with E-state index in [9.17, 15) is 9.59 Å². The lowest BCUT2D eigenvalue weighted by molar-refractivity contribution is 0.395. The van der Waals surface area contributed by atoms with Crippen LogP contribution in [0.5, 0.6) is 0 Å². The number of rotatable bonds is 0. The zero-order chi connectivity index (χ0) is 11.9. The van der Waals surface area contributed by atoms with E-state index >= 15 is 0 Å². The first-order chi connectivity index (χ1) is 7.41. The predicted octanol–water partition coefficient (Wildman–Crippen LogP) is 0.840. The van der Waals surface area contributed by atoms with Gasteiger partial charge in [0, 0.05) is 11.7 Å². The molecular formula is C11H13N3O2. The van der Waals surface area contributed by atoms with Crippen molar-refractivity contribution in [1.82, 2.24) is 14.5 Å². The van der Waals surface area contributed by atoms with Crippen molar-refractivity contribution in [3.63, 3.8) is 0 Å². The van der Waals surface area contributed by atoms with Crippen LogP contribution in [0.2, 0.25) is 0 Å². The van der Waals surface area contributed by atoms with Crippen LogP contribution in [0.4, 0.5) is 0 Å². The lowest BCUT2D eigenvalue weighted by Gasteiger charge is -2.23. The second-order valence-corrected chi connectivity index (χ2v) is 4.66. The van der Waals surface area contributed by atoms with E-state index in [1.807, 2.05) is 20.8 Å². The first-order valence-corrected chi connectivity index (χ1v) is 5.01. The molecule has 2 aromatic rings. The van der Waals surface area contributed by atoms with E-state index in [0.29, 0.717) is 11.0 Å². The van der Waals surface area contributed by atoms with Crippen LogP contribution in [-0.4, -0.2) is 14.5 Å². The molecule has 2 rings (SSSR count). The number of aromatic amines is 1. The minimum Gasteiger partial charge on any atom is -0.316 e. The minimum absolute atomic E-state index is 0.452. The largest absolute Gasteiger partial charge is 0.317 e. The first-order valence-electron chi connectivity index (χ1n) is 5.01. The molecule has 84 valence electrons. The Morgan fingerprint density at radius 1 is 1.31 bits per heavy atom. The number of pyridine rings is 1. The fourth-order valence-electron chi connectivity index (χ4n) is 1.72. The number of aromatic nitrogens is 3. The van der Waals surface area contributed by atoms with E-state index in [1.54, 1.807) is 18.5 Å². The van der Waals surface area contributed by atoms with Crippen LogP contribution in [-0.2, 0) is 5.54 Å². The van der Waals surface area contributed by atoms with Gasteiger partial charge >= 0.3 is 11.1 Å². The number of H-pyrrole nitrogens is 1. The number of hydrogen-bond acceptors (Lipinski definition) is 3. The van der Waals surface area contributed by atoms with Crippen molar-refractivity contribution >= 4 is 11.0 Å². The molecule has 0 atom stereocenters. The maximum absolute atomic E-state index is 11.8. The first kappa shape index (κ1) is 10.6. The lowest BCUT2D eigenvalue weighted by atomic mass is 10.1. The molecule has 0 radical (unpaired) electrons. The topological polar surface area (TPSA) is 67.8 Å². The summed E-state index contributed by atoms with van der Waals surface area (Å²) in [7, 11) is 0. The van der Waals surface area contributed by atoms with Crippen molar-refractivity contribution in [3.05, 3.63) is 39.2 Å². The molecule has 0 aliphatic rings. The highest BCUT2D eigenvalue weighted by Gasteiger charge is 2.19. The summed E-state index contributed by atoms with van der Waals surface area (Å²) < 4.78 is 1.47. The molecule has 0 unspecified atom stereocenters.